The van der Waals surface area contributed by atoms with E-state index in [0.29, 0.717) is 17.5 Å². The number of nitrogens with zero attached hydrogens (tertiary/aromatic N) is 5. The maximum Gasteiger partial charge on any atom is 0.164 e. The van der Waals surface area contributed by atoms with Crippen molar-refractivity contribution < 1.29 is 4.42 Å². The van der Waals surface area contributed by atoms with Crippen LogP contribution in [0.1, 0.15) is 0 Å². The first-order valence-corrected chi connectivity index (χ1v) is 21.2. The van der Waals surface area contributed by atoms with Gasteiger partial charge in [-0.15, -0.1) is 0 Å². The molecule has 0 saturated carbocycles. The van der Waals surface area contributed by atoms with Gasteiger partial charge in [0.05, 0.1) is 22.1 Å². The standard InChI is InChI=1S/C57H35N5O/c1-5-17-36(18-6-1)45-32-41(62-50-28-16-14-26-43(50)47-34-51-46(35-52(47)62)42-25-13-15-27-49(42)61(51)40-23-11-4-12-24-40)33-48-44-30-29-39(31-53(44)63-54(45)48)57-59-55(37-19-7-2-8-20-37)58-56(60-57)38-21-9-3-10-22-38/h1-35H. The third kappa shape index (κ3) is 5.62. The summed E-state index contributed by atoms with van der Waals surface area (Å²) in [6.07, 6.45) is 0. The maximum atomic E-state index is 6.94. The van der Waals surface area contributed by atoms with Gasteiger partial charge in [-0.3, -0.25) is 0 Å². The van der Waals surface area contributed by atoms with Gasteiger partial charge in [0.25, 0.3) is 0 Å². The fourth-order valence-electron chi connectivity index (χ4n) is 9.46. The van der Waals surface area contributed by atoms with Crippen LogP contribution in [-0.4, -0.2) is 24.1 Å². The minimum atomic E-state index is 0.583. The predicted octanol–water partition coefficient (Wildman–Crippen LogP) is 14.6. The first-order valence-electron chi connectivity index (χ1n) is 21.2. The molecule has 294 valence electrons. The van der Waals surface area contributed by atoms with E-state index in [1.54, 1.807) is 0 Å². The lowest BCUT2D eigenvalue weighted by atomic mass is 10.0. The van der Waals surface area contributed by atoms with Crippen molar-refractivity contribution in [2.45, 2.75) is 0 Å². The van der Waals surface area contributed by atoms with Crippen LogP contribution < -0.4 is 0 Å². The molecule has 4 heterocycles. The Bertz CT molecular complexity index is 3830. The van der Waals surface area contributed by atoms with E-state index >= 15 is 0 Å². The molecular weight excluding hydrogens is 771 g/mol. The lowest BCUT2D eigenvalue weighted by molar-refractivity contribution is 0.670. The Morgan fingerprint density at radius 1 is 0.302 bits per heavy atom. The zero-order chi connectivity index (χ0) is 41.4. The summed E-state index contributed by atoms with van der Waals surface area (Å²) >= 11 is 0. The molecule has 0 atom stereocenters. The van der Waals surface area contributed by atoms with Crippen molar-refractivity contribution in [3.8, 4) is 56.7 Å². The molecule has 0 fully saturated rings. The third-order valence-electron chi connectivity index (χ3n) is 12.3. The van der Waals surface area contributed by atoms with E-state index in [0.717, 1.165) is 72.2 Å². The summed E-state index contributed by atoms with van der Waals surface area (Å²) in [5.41, 5.74) is 13.2. The summed E-state index contributed by atoms with van der Waals surface area (Å²) in [6, 6.07) is 74.5. The van der Waals surface area contributed by atoms with Gasteiger partial charge >= 0.3 is 0 Å². The highest BCUT2D eigenvalue weighted by Crippen LogP contribution is 2.43. The molecule has 0 N–H and O–H groups in total. The SMILES string of the molecule is c1ccc(-c2nc(-c3ccccc3)nc(-c3ccc4c(c3)oc3c(-c5ccccc5)cc(-n5c6ccccc6c6cc7c(cc65)c5ccccc5n7-c5ccccc5)cc34)n2)cc1. The number of hydrogen-bond acceptors (Lipinski definition) is 4. The van der Waals surface area contributed by atoms with Gasteiger partial charge < -0.3 is 13.6 Å². The number of aromatic nitrogens is 5. The fourth-order valence-corrected chi connectivity index (χ4v) is 9.46. The fraction of sp³-hybridized carbons (Fsp3) is 0. The molecule has 0 bridgehead atoms. The average molecular weight is 806 g/mol. The van der Waals surface area contributed by atoms with E-state index in [9.17, 15) is 0 Å². The summed E-state index contributed by atoms with van der Waals surface area (Å²) in [5.74, 6) is 1.82. The minimum Gasteiger partial charge on any atom is -0.455 e. The molecular formula is C57H35N5O. The number of fused-ring (bicyclic) bond motifs is 9. The average Bonchev–Trinajstić information content (AvgIpc) is 4.01. The van der Waals surface area contributed by atoms with Crippen LogP contribution in [-0.2, 0) is 0 Å². The summed E-state index contributed by atoms with van der Waals surface area (Å²) < 4.78 is 11.8. The van der Waals surface area contributed by atoms with Crippen LogP contribution in [0.25, 0.3) is 122 Å². The van der Waals surface area contributed by atoms with Crippen molar-refractivity contribution in [1.29, 1.82) is 0 Å². The van der Waals surface area contributed by atoms with Crippen LogP contribution in [0.3, 0.4) is 0 Å². The number of rotatable bonds is 6. The Hall–Kier alpha value is -8.61. The second-order valence-corrected chi connectivity index (χ2v) is 16.0. The van der Waals surface area contributed by atoms with Gasteiger partial charge in [0, 0.05) is 65.9 Å². The largest absolute Gasteiger partial charge is 0.455 e. The summed E-state index contributed by atoms with van der Waals surface area (Å²) in [4.78, 5) is 15.0. The topological polar surface area (TPSA) is 61.7 Å². The Balaban J connectivity index is 1.05. The van der Waals surface area contributed by atoms with Crippen LogP contribution in [0.2, 0.25) is 0 Å². The van der Waals surface area contributed by atoms with Crippen molar-refractivity contribution in [3.05, 3.63) is 212 Å². The minimum absolute atomic E-state index is 0.583. The second kappa shape index (κ2) is 14.0. The number of para-hydroxylation sites is 3. The maximum absolute atomic E-state index is 6.94. The molecule has 0 amide bonds. The van der Waals surface area contributed by atoms with E-state index in [1.807, 2.05) is 60.7 Å². The molecule has 13 aromatic rings. The van der Waals surface area contributed by atoms with Crippen molar-refractivity contribution in [1.82, 2.24) is 24.1 Å². The van der Waals surface area contributed by atoms with Crippen LogP contribution in [0, 0.1) is 0 Å². The third-order valence-corrected chi connectivity index (χ3v) is 12.3. The van der Waals surface area contributed by atoms with Gasteiger partial charge in [0.1, 0.15) is 11.2 Å². The summed E-state index contributed by atoms with van der Waals surface area (Å²) in [6.45, 7) is 0. The molecule has 6 nitrogen and oxygen atoms in total. The molecule has 0 aliphatic carbocycles. The Labute approximate surface area is 361 Å². The Kier molecular flexibility index (Phi) is 7.80. The molecule has 0 aliphatic rings. The van der Waals surface area contributed by atoms with Gasteiger partial charge in [-0.05, 0) is 66.2 Å². The van der Waals surface area contributed by atoms with E-state index in [-0.39, 0.29) is 0 Å². The molecule has 13 rings (SSSR count). The Morgan fingerprint density at radius 3 is 1.35 bits per heavy atom. The number of hydrogen-bond donors (Lipinski definition) is 0. The number of benzene rings is 9. The number of furan rings is 1. The normalized spacial score (nSPS) is 11.8. The van der Waals surface area contributed by atoms with Gasteiger partial charge in [-0.2, -0.15) is 0 Å². The van der Waals surface area contributed by atoms with Crippen LogP contribution in [0.5, 0.6) is 0 Å². The lowest BCUT2D eigenvalue weighted by Crippen LogP contribution is -2.00. The van der Waals surface area contributed by atoms with Crippen LogP contribution in [0.15, 0.2) is 217 Å². The highest BCUT2D eigenvalue weighted by molar-refractivity contribution is 6.19. The quantitative estimate of drug-likeness (QED) is 0.168. The molecule has 0 aliphatic heterocycles. The molecule has 4 aromatic heterocycles. The van der Waals surface area contributed by atoms with Gasteiger partial charge in [0.15, 0.2) is 17.5 Å². The van der Waals surface area contributed by atoms with E-state index in [4.69, 9.17) is 19.4 Å². The van der Waals surface area contributed by atoms with Gasteiger partial charge in [-0.1, -0.05) is 152 Å². The van der Waals surface area contributed by atoms with Crippen LogP contribution in [0.4, 0.5) is 0 Å². The zero-order valence-corrected chi connectivity index (χ0v) is 33.9. The smallest absolute Gasteiger partial charge is 0.164 e. The Morgan fingerprint density at radius 2 is 0.778 bits per heavy atom. The summed E-state index contributed by atoms with van der Waals surface area (Å²) in [7, 11) is 0. The molecule has 6 heteroatoms. The van der Waals surface area contributed by atoms with Crippen molar-refractivity contribution >= 4 is 65.6 Å². The van der Waals surface area contributed by atoms with Gasteiger partial charge in [-0.25, -0.2) is 15.0 Å². The monoisotopic (exact) mass is 805 g/mol. The summed E-state index contributed by atoms with van der Waals surface area (Å²) in [5, 5.41) is 6.87. The second-order valence-electron chi connectivity index (χ2n) is 16.0. The molecule has 0 spiro atoms. The van der Waals surface area contributed by atoms with Crippen molar-refractivity contribution in [2.75, 3.05) is 0 Å². The first kappa shape index (κ1) is 35.2. The lowest BCUT2D eigenvalue weighted by Gasteiger charge is -2.12. The molecule has 0 unspecified atom stereocenters. The van der Waals surface area contributed by atoms with Crippen molar-refractivity contribution in [2.24, 2.45) is 0 Å². The highest BCUT2D eigenvalue weighted by atomic mass is 16.3. The van der Waals surface area contributed by atoms with E-state index < -0.39 is 0 Å². The molecule has 0 saturated heterocycles. The predicted molar refractivity (Wildman–Crippen MR) is 258 cm³/mol. The van der Waals surface area contributed by atoms with E-state index in [1.165, 1.54) is 32.6 Å². The van der Waals surface area contributed by atoms with Crippen molar-refractivity contribution in [3.63, 3.8) is 0 Å². The molecule has 0 radical (unpaired) electrons. The zero-order valence-electron chi connectivity index (χ0n) is 33.9. The molecule has 9 aromatic carbocycles. The van der Waals surface area contributed by atoms with Gasteiger partial charge in [0.2, 0.25) is 0 Å². The first-order chi connectivity index (χ1) is 31.2. The van der Waals surface area contributed by atoms with Crippen LogP contribution >= 0.6 is 0 Å². The highest BCUT2D eigenvalue weighted by Gasteiger charge is 2.22. The van der Waals surface area contributed by atoms with E-state index in [2.05, 4.69) is 161 Å². The molecule has 63 heavy (non-hydrogen) atoms.